The minimum atomic E-state index is 0.596. The van der Waals surface area contributed by atoms with Crippen molar-refractivity contribution in [3.05, 3.63) is 102 Å². The van der Waals surface area contributed by atoms with Gasteiger partial charge in [-0.25, -0.2) is 0 Å². The highest BCUT2D eigenvalue weighted by molar-refractivity contribution is 5.93. The van der Waals surface area contributed by atoms with Crippen LogP contribution in [0.5, 0.6) is 0 Å². The van der Waals surface area contributed by atoms with Gasteiger partial charge in [0.1, 0.15) is 0 Å². The van der Waals surface area contributed by atoms with Crippen molar-refractivity contribution in [3.63, 3.8) is 0 Å². The Balaban J connectivity index is 1.34. The molecule has 3 aromatic carbocycles. The first-order valence-corrected chi connectivity index (χ1v) is 11.5. The van der Waals surface area contributed by atoms with E-state index in [-0.39, 0.29) is 0 Å². The molecule has 0 atom stereocenters. The molecule has 0 bridgehead atoms. The van der Waals surface area contributed by atoms with Crippen LogP contribution in [-0.4, -0.2) is 15.2 Å². The van der Waals surface area contributed by atoms with Crippen molar-refractivity contribution in [1.82, 2.24) is 15.2 Å². The molecule has 0 amide bonds. The molecule has 0 aliphatic heterocycles. The van der Waals surface area contributed by atoms with E-state index < -0.39 is 0 Å². The van der Waals surface area contributed by atoms with Gasteiger partial charge in [0, 0.05) is 34.2 Å². The third kappa shape index (κ3) is 4.80. The number of hydrogen-bond acceptors (Lipinski definition) is 6. The molecule has 6 heteroatoms. The Bertz CT molecular complexity index is 1530. The van der Waals surface area contributed by atoms with E-state index in [4.69, 9.17) is 5.26 Å². The molecular formula is C29H24N6. The van der Waals surface area contributed by atoms with Crippen LogP contribution in [0.15, 0.2) is 85.1 Å². The maximum Gasteiger partial charge on any atom is 0.156 e. The molecule has 5 aromatic rings. The molecule has 0 radical (unpaired) electrons. The Morgan fingerprint density at radius 2 is 1.57 bits per heavy atom. The fraction of sp³-hybridized carbons (Fsp3) is 0.103. The lowest BCUT2D eigenvalue weighted by atomic mass is 10.1. The summed E-state index contributed by atoms with van der Waals surface area (Å²) in [5, 5.41) is 25.9. The summed E-state index contributed by atoms with van der Waals surface area (Å²) < 4.78 is 0. The standard InChI is InChI=1S/C29H24N6/c1-3-21-17-27(22-7-4-19(2)5-8-22)34-35-29(21)33-24-11-9-23(10-12-24)32-26-14-15-31-28-16-20(18-30)6-13-25(26)28/h4-17H,3H2,1-2H3,(H,31,32)(H,33,35). The highest BCUT2D eigenvalue weighted by Crippen LogP contribution is 2.28. The number of pyridine rings is 1. The largest absolute Gasteiger partial charge is 0.355 e. The monoisotopic (exact) mass is 456 g/mol. The van der Waals surface area contributed by atoms with Crippen LogP contribution in [0.1, 0.15) is 23.6 Å². The predicted molar refractivity (Wildman–Crippen MR) is 141 cm³/mol. The van der Waals surface area contributed by atoms with E-state index in [1.54, 1.807) is 18.3 Å². The summed E-state index contributed by atoms with van der Waals surface area (Å²) in [6.45, 7) is 4.19. The summed E-state index contributed by atoms with van der Waals surface area (Å²) in [6.07, 6.45) is 2.59. The van der Waals surface area contributed by atoms with Crippen LogP contribution < -0.4 is 10.6 Å². The van der Waals surface area contributed by atoms with Crippen molar-refractivity contribution in [2.24, 2.45) is 0 Å². The average molecular weight is 457 g/mol. The molecule has 0 saturated heterocycles. The number of aryl methyl sites for hydroxylation is 2. The first kappa shape index (κ1) is 22.1. The third-order valence-electron chi connectivity index (χ3n) is 5.90. The first-order chi connectivity index (χ1) is 17.1. The van der Waals surface area contributed by atoms with Gasteiger partial charge in [-0.05, 0) is 73.5 Å². The zero-order chi connectivity index (χ0) is 24.2. The van der Waals surface area contributed by atoms with E-state index in [0.717, 1.165) is 57.0 Å². The summed E-state index contributed by atoms with van der Waals surface area (Å²) in [6, 6.07) is 28.1. The SMILES string of the molecule is CCc1cc(-c2ccc(C)cc2)nnc1Nc1ccc(Nc2ccnc3cc(C#N)ccc23)cc1. The van der Waals surface area contributed by atoms with Crippen LogP contribution in [-0.2, 0) is 6.42 Å². The Hall–Kier alpha value is -4.76. The van der Waals surface area contributed by atoms with Crippen LogP contribution in [0.25, 0.3) is 22.2 Å². The predicted octanol–water partition coefficient (Wildman–Crippen LogP) is 6.92. The Kier molecular flexibility index (Phi) is 6.06. The number of nitrogens with one attached hydrogen (secondary N) is 2. The van der Waals surface area contributed by atoms with Gasteiger partial charge >= 0.3 is 0 Å². The van der Waals surface area contributed by atoms with Crippen molar-refractivity contribution < 1.29 is 0 Å². The molecule has 6 nitrogen and oxygen atoms in total. The van der Waals surface area contributed by atoms with Gasteiger partial charge in [-0.2, -0.15) is 5.26 Å². The quantitative estimate of drug-likeness (QED) is 0.288. The fourth-order valence-electron chi connectivity index (χ4n) is 3.93. The molecule has 170 valence electrons. The van der Waals surface area contributed by atoms with E-state index in [2.05, 4.69) is 76.1 Å². The molecule has 5 rings (SSSR count). The topological polar surface area (TPSA) is 86.5 Å². The average Bonchev–Trinajstić information content (AvgIpc) is 2.90. The molecule has 0 fully saturated rings. The molecule has 0 spiro atoms. The Morgan fingerprint density at radius 1 is 0.829 bits per heavy atom. The summed E-state index contributed by atoms with van der Waals surface area (Å²) in [7, 11) is 0. The number of nitriles is 1. The van der Waals surface area contributed by atoms with Crippen LogP contribution in [0.2, 0.25) is 0 Å². The Labute approximate surface area is 204 Å². The van der Waals surface area contributed by atoms with Gasteiger partial charge in [0.15, 0.2) is 5.82 Å². The molecule has 0 unspecified atom stereocenters. The van der Waals surface area contributed by atoms with Gasteiger partial charge < -0.3 is 10.6 Å². The second-order valence-electron chi connectivity index (χ2n) is 8.35. The molecule has 2 N–H and O–H groups in total. The number of rotatable bonds is 6. The second-order valence-corrected chi connectivity index (χ2v) is 8.35. The number of fused-ring (bicyclic) bond motifs is 1. The number of aromatic nitrogens is 3. The molecule has 0 aliphatic rings. The fourth-order valence-corrected chi connectivity index (χ4v) is 3.93. The van der Waals surface area contributed by atoms with E-state index in [1.807, 2.05) is 36.4 Å². The number of anilines is 4. The lowest BCUT2D eigenvalue weighted by molar-refractivity contribution is 0.996. The lowest BCUT2D eigenvalue weighted by Gasteiger charge is -2.13. The van der Waals surface area contributed by atoms with Crippen molar-refractivity contribution in [1.29, 1.82) is 5.26 Å². The first-order valence-electron chi connectivity index (χ1n) is 11.5. The van der Waals surface area contributed by atoms with E-state index in [1.165, 1.54) is 5.56 Å². The number of hydrogen-bond donors (Lipinski definition) is 2. The van der Waals surface area contributed by atoms with Gasteiger partial charge in [0.25, 0.3) is 0 Å². The van der Waals surface area contributed by atoms with Crippen molar-refractivity contribution in [2.45, 2.75) is 20.3 Å². The number of nitrogens with zero attached hydrogens (tertiary/aromatic N) is 4. The summed E-state index contributed by atoms with van der Waals surface area (Å²) in [5.74, 6) is 0.762. The zero-order valence-corrected chi connectivity index (χ0v) is 19.6. The summed E-state index contributed by atoms with van der Waals surface area (Å²) in [4.78, 5) is 4.38. The van der Waals surface area contributed by atoms with Crippen LogP contribution in [0, 0.1) is 18.3 Å². The molecule has 35 heavy (non-hydrogen) atoms. The molecule has 2 heterocycles. The minimum Gasteiger partial charge on any atom is -0.355 e. The smallest absolute Gasteiger partial charge is 0.156 e. The molecular weight excluding hydrogens is 432 g/mol. The molecule has 0 aliphatic carbocycles. The van der Waals surface area contributed by atoms with Crippen LogP contribution in [0.4, 0.5) is 22.9 Å². The molecule has 0 saturated carbocycles. The highest BCUT2D eigenvalue weighted by atomic mass is 15.2. The second kappa shape index (κ2) is 9.62. The maximum absolute atomic E-state index is 9.13. The molecule has 2 aromatic heterocycles. The lowest BCUT2D eigenvalue weighted by Crippen LogP contribution is -2.02. The van der Waals surface area contributed by atoms with Crippen molar-refractivity contribution in [3.8, 4) is 17.3 Å². The van der Waals surface area contributed by atoms with Crippen molar-refractivity contribution >= 4 is 33.8 Å². The third-order valence-corrected chi connectivity index (χ3v) is 5.90. The minimum absolute atomic E-state index is 0.596. The van der Waals surface area contributed by atoms with Crippen LogP contribution >= 0.6 is 0 Å². The van der Waals surface area contributed by atoms with Crippen LogP contribution in [0.3, 0.4) is 0 Å². The zero-order valence-electron chi connectivity index (χ0n) is 19.6. The van der Waals surface area contributed by atoms with E-state index in [0.29, 0.717) is 5.56 Å². The summed E-state index contributed by atoms with van der Waals surface area (Å²) in [5.41, 5.74) is 8.46. The van der Waals surface area contributed by atoms with Gasteiger partial charge in [0.2, 0.25) is 0 Å². The maximum atomic E-state index is 9.13. The highest BCUT2D eigenvalue weighted by Gasteiger charge is 2.09. The van der Waals surface area contributed by atoms with E-state index in [9.17, 15) is 0 Å². The van der Waals surface area contributed by atoms with Gasteiger partial charge in [0.05, 0.1) is 22.8 Å². The Morgan fingerprint density at radius 3 is 2.29 bits per heavy atom. The van der Waals surface area contributed by atoms with Gasteiger partial charge in [-0.1, -0.05) is 36.8 Å². The van der Waals surface area contributed by atoms with E-state index >= 15 is 0 Å². The number of benzene rings is 3. The normalized spacial score (nSPS) is 10.7. The van der Waals surface area contributed by atoms with Gasteiger partial charge in [-0.3, -0.25) is 4.98 Å². The van der Waals surface area contributed by atoms with Crippen molar-refractivity contribution in [2.75, 3.05) is 10.6 Å². The summed E-state index contributed by atoms with van der Waals surface area (Å²) >= 11 is 0. The van der Waals surface area contributed by atoms with Gasteiger partial charge in [-0.15, -0.1) is 10.2 Å².